The summed E-state index contributed by atoms with van der Waals surface area (Å²) in [6.07, 6.45) is 4.07. The van der Waals surface area contributed by atoms with Gasteiger partial charge in [0.25, 0.3) is 10.2 Å². The van der Waals surface area contributed by atoms with Crippen LogP contribution < -0.4 is 4.72 Å². The molecule has 0 amide bonds. The molecule has 7 heteroatoms. The molecular formula is C11H24N2O4S. The van der Waals surface area contributed by atoms with Gasteiger partial charge in [0.2, 0.25) is 0 Å². The van der Waals surface area contributed by atoms with Crippen LogP contribution in [0.15, 0.2) is 0 Å². The molecule has 1 rings (SSSR count). The summed E-state index contributed by atoms with van der Waals surface area (Å²) in [6, 6.07) is -0.340. The highest BCUT2D eigenvalue weighted by Crippen LogP contribution is 2.12. The zero-order chi connectivity index (χ0) is 13.4. The van der Waals surface area contributed by atoms with Crippen LogP contribution in [0.4, 0.5) is 0 Å². The quantitative estimate of drug-likeness (QED) is 0.731. The van der Waals surface area contributed by atoms with E-state index in [2.05, 4.69) is 4.72 Å². The molecule has 1 aliphatic rings. The first-order chi connectivity index (χ1) is 8.60. The normalized spacial score (nSPS) is 19.1. The minimum Gasteiger partial charge on any atom is -0.383 e. The van der Waals surface area contributed by atoms with Gasteiger partial charge in [-0.3, -0.25) is 0 Å². The van der Waals surface area contributed by atoms with Crippen molar-refractivity contribution >= 4 is 10.2 Å². The lowest BCUT2D eigenvalue weighted by Crippen LogP contribution is -2.48. The lowest BCUT2D eigenvalue weighted by Gasteiger charge is -2.24. The molecule has 108 valence electrons. The van der Waals surface area contributed by atoms with Crippen LogP contribution >= 0.6 is 0 Å². The Labute approximate surface area is 110 Å². The molecule has 18 heavy (non-hydrogen) atoms. The van der Waals surface area contributed by atoms with Gasteiger partial charge in [0.1, 0.15) is 0 Å². The SMILES string of the molecule is COCC(COC)NS(=O)(=O)N1CCCCCC1. The van der Waals surface area contributed by atoms with Crippen molar-refractivity contribution in [1.82, 2.24) is 9.03 Å². The second-order valence-corrected chi connectivity index (χ2v) is 6.25. The van der Waals surface area contributed by atoms with Crippen molar-refractivity contribution in [2.75, 3.05) is 40.5 Å². The Morgan fingerprint density at radius 1 is 1.06 bits per heavy atom. The van der Waals surface area contributed by atoms with Crippen molar-refractivity contribution in [3.63, 3.8) is 0 Å². The highest BCUT2D eigenvalue weighted by molar-refractivity contribution is 7.87. The molecule has 0 unspecified atom stereocenters. The summed E-state index contributed by atoms with van der Waals surface area (Å²) in [5, 5.41) is 0. The Bertz CT molecular complexity index is 307. The second kappa shape index (κ2) is 8.06. The van der Waals surface area contributed by atoms with Crippen LogP contribution in [0, 0.1) is 0 Å². The molecule has 0 spiro atoms. The van der Waals surface area contributed by atoms with Crippen LogP contribution in [0.1, 0.15) is 25.7 Å². The van der Waals surface area contributed by atoms with Crippen LogP contribution in [-0.2, 0) is 19.7 Å². The fourth-order valence-corrected chi connectivity index (χ4v) is 3.53. The monoisotopic (exact) mass is 280 g/mol. The third-order valence-electron chi connectivity index (χ3n) is 2.96. The van der Waals surface area contributed by atoms with E-state index in [1.54, 1.807) is 14.2 Å². The van der Waals surface area contributed by atoms with Gasteiger partial charge in [-0.1, -0.05) is 12.8 Å². The Morgan fingerprint density at radius 2 is 1.56 bits per heavy atom. The van der Waals surface area contributed by atoms with E-state index in [9.17, 15) is 8.42 Å². The Balaban J connectivity index is 2.59. The van der Waals surface area contributed by atoms with Crippen molar-refractivity contribution in [1.29, 1.82) is 0 Å². The van der Waals surface area contributed by atoms with Crippen molar-refractivity contribution in [2.45, 2.75) is 31.7 Å². The zero-order valence-corrected chi connectivity index (χ0v) is 12.0. The van der Waals surface area contributed by atoms with Gasteiger partial charge in [-0.05, 0) is 12.8 Å². The number of rotatable bonds is 7. The lowest BCUT2D eigenvalue weighted by atomic mass is 10.2. The van der Waals surface area contributed by atoms with E-state index in [0.717, 1.165) is 25.7 Å². The van der Waals surface area contributed by atoms with Crippen LogP contribution in [0.2, 0.25) is 0 Å². The first kappa shape index (κ1) is 15.8. The van der Waals surface area contributed by atoms with Crippen LogP contribution in [0.5, 0.6) is 0 Å². The molecule has 6 nitrogen and oxygen atoms in total. The van der Waals surface area contributed by atoms with Crippen molar-refractivity contribution < 1.29 is 17.9 Å². The molecule has 1 fully saturated rings. The summed E-state index contributed by atoms with van der Waals surface area (Å²) in [5.41, 5.74) is 0. The van der Waals surface area contributed by atoms with Gasteiger partial charge in [0.05, 0.1) is 19.3 Å². The first-order valence-electron chi connectivity index (χ1n) is 6.35. The van der Waals surface area contributed by atoms with E-state index >= 15 is 0 Å². The average molecular weight is 280 g/mol. The van der Waals surface area contributed by atoms with Gasteiger partial charge >= 0.3 is 0 Å². The third-order valence-corrected chi connectivity index (χ3v) is 4.63. The maximum Gasteiger partial charge on any atom is 0.279 e. The molecule has 0 aromatic heterocycles. The molecule has 1 N–H and O–H groups in total. The molecule has 0 aromatic carbocycles. The van der Waals surface area contributed by atoms with Gasteiger partial charge in [-0.2, -0.15) is 17.4 Å². The van der Waals surface area contributed by atoms with Crippen LogP contribution in [0.3, 0.4) is 0 Å². The standard InChI is InChI=1S/C11H24N2O4S/c1-16-9-11(10-17-2)12-18(14,15)13-7-5-3-4-6-8-13/h11-12H,3-10H2,1-2H3. The summed E-state index contributed by atoms with van der Waals surface area (Å²) in [4.78, 5) is 0. The predicted octanol–water partition coefficient (Wildman–Crippen LogP) is 0.358. The third kappa shape index (κ3) is 5.19. The van der Waals surface area contributed by atoms with E-state index in [1.165, 1.54) is 4.31 Å². The fraction of sp³-hybridized carbons (Fsp3) is 1.00. The highest BCUT2D eigenvalue weighted by atomic mass is 32.2. The largest absolute Gasteiger partial charge is 0.383 e. The second-order valence-electron chi connectivity index (χ2n) is 4.54. The molecule has 0 aromatic rings. The van der Waals surface area contributed by atoms with E-state index in [1.807, 2.05) is 0 Å². The van der Waals surface area contributed by atoms with E-state index in [0.29, 0.717) is 26.3 Å². The Hall–Kier alpha value is -0.210. The number of nitrogens with one attached hydrogen (secondary N) is 1. The average Bonchev–Trinajstić information content (AvgIpc) is 2.58. The van der Waals surface area contributed by atoms with E-state index in [-0.39, 0.29) is 6.04 Å². The highest BCUT2D eigenvalue weighted by Gasteiger charge is 2.25. The molecule has 0 radical (unpaired) electrons. The topological polar surface area (TPSA) is 67.9 Å². The Kier molecular flexibility index (Phi) is 7.10. The zero-order valence-electron chi connectivity index (χ0n) is 11.2. The van der Waals surface area contributed by atoms with Gasteiger partial charge in [0, 0.05) is 27.3 Å². The van der Waals surface area contributed by atoms with E-state index < -0.39 is 10.2 Å². The van der Waals surface area contributed by atoms with Crippen molar-refractivity contribution in [3.05, 3.63) is 0 Å². The lowest BCUT2D eigenvalue weighted by molar-refractivity contribution is 0.112. The molecule has 0 aliphatic carbocycles. The van der Waals surface area contributed by atoms with Gasteiger partial charge in [0.15, 0.2) is 0 Å². The molecule has 0 atom stereocenters. The maximum absolute atomic E-state index is 12.2. The number of hydrogen-bond donors (Lipinski definition) is 1. The summed E-state index contributed by atoms with van der Waals surface area (Å²) in [5.74, 6) is 0. The van der Waals surface area contributed by atoms with E-state index in [4.69, 9.17) is 9.47 Å². The summed E-state index contributed by atoms with van der Waals surface area (Å²) < 4.78 is 38.5. The Morgan fingerprint density at radius 3 is 2.00 bits per heavy atom. The number of ether oxygens (including phenoxy) is 2. The minimum atomic E-state index is -3.43. The van der Waals surface area contributed by atoms with Crippen LogP contribution in [0.25, 0.3) is 0 Å². The molecular weight excluding hydrogens is 256 g/mol. The van der Waals surface area contributed by atoms with Gasteiger partial charge in [-0.15, -0.1) is 0 Å². The smallest absolute Gasteiger partial charge is 0.279 e. The molecule has 1 saturated heterocycles. The summed E-state index contributed by atoms with van der Waals surface area (Å²) in [6.45, 7) is 1.81. The van der Waals surface area contributed by atoms with Gasteiger partial charge in [-0.25, -0.2) is 0 Å². The fourth-order valence-electron chi connectivity index (χ4n) is 2.09. The van der Waals surface area contributed by atoms with Gasteiger partial charge < -0.3 is 9.47 Å². The molecule has 0 bridgehead atoms. The first-order valence-corrected chi connectivity index (χ1v) is 7.79. The van der Waals surface area contributed by atoms with Crippen molar-refractivity contribution in [3.8, 4) is 0 Å². The summed E-state index contributed by atoms with van der Waals surface area (Å²) >= 11 is 0. The number of hydrogen-bond acceptors (Lipinski definition) is 4. The molecule has 1 heterocycles. The molecule has 0 saturated carbocycles. The van der Waals surface area contributed by atoms with Crippen molar-refractivity contribution in [2.24, 2.45) is 0 Å². The summed E-state index contributed by atoms with van der Waals surface area (Å²) in [7, 11) is -0.338. The predicted molar refractivity (Wildman–Crippen MR) is 69.6 cm³/mol. The maximum atomic E-state index is 12.2. The number of nitrogens with zero attached hydrogens (tertiary/aromatic N) is 1. The minimum absolute atomic E-state index is 0.306. The molecule has 1 aliphatic heterocycles. The van der Waals surface area contributed by atoms with Crippen LogP contribution in [-0.4, -0.2) is 59.3 Å². The number of methoxy groups -OCH3 is 2.